The maximum atomic E-state index is 13.4. The van der Waals surface area contributed by atoms with Gasteiger partial charge in [0.25, 0.3) is 5.91 Å². The molecule has 2 fully saturated rings. The third kappa shape index (κ3) is 3.80. The molecular formula is C23H26FNO4. The van der Waals surface area contributed by atoms with Crippen LogP contribution in [-0.4, -0.2) is 58.0 Å². The van der Waals surface area contributed by atoms with E-state index in [2.05, 4.69) is 0 Å². The molecular weight excluding hydrogens is 373 g/mol. The minimum Gasteiger partial charge on any atom is -0.387 e. The number of benzene rings is 2. The van der Waals surface area contributed by atoms with Gasteiger partial charge in [0.1, 0.15) is 17.5 Å². The topological polar surface area (TPSA) is 70.0 Å². The Morgan fingerprint density at radius 3 is 2.45 bits per heavy atom. The van der Waals surface area contributed by atoms with Crippen LogP contribution in [0.3, 0.4) is 0 Å². The number of amides is 1. The summed E-state index contributed by atoms with van der Waals surface area (Å²) in [6, 6.07) is 13.5. The largest absolute Gasteiger partial charge is 0.387 e. The lowest BCUT2D eigenvalue weighted by Crippen LogP contribution is -2.64. The van der Waals surface area contributed by atoms with Gasteiger partial charge in [-0.05, 0) is 55.2 Å². The molecule has 1 spiro atoms. The third-order valence-electron chi connectivity index (χ3n) is 6.27. The average Bonchev–Trinajstić information content (AvgIpc) is 2.72. The third-order valence-corrected chi connectivity index (χ3v) is 6.27. The molecule has 29 heavy (non-hydrogen) atoms. The molecule has 0 saturated carbocycles. The van der Waals surface area contributed by atoms with Gasteiger partial charge in [-0.3, -0.25) is 4.79 Å². The second kappa shape index (κ2) is 7.52. The standard InChI is InChI=1S/C23H26FNO4/c1-22(28)11-14-29-23(21(22)27)9-12-25(13-10-23)20(26)17-7-5-16(6-8-17)18-3-2-4-19(24)15-18/h2-8,15,21,27-28H,9-14H2,1H3/t21-,22+/m0/s1. The van der Waals surface area contributed by atoms with Gasteiger partial charge in [0.05, 0.1) is 12.2 Å². The number of carbonyl (C=O) groups is 1. The van der Waals surface area contributed by atoms with Gasteiger partial charge in [-0.15, -0.1) is 0 Å². The maximum Gasteiger partial charge on any atom is 0.253 e. The van der Waals surface area contributed by atoms with Crippen molar-refractivity contribution in [3.63, 3.8) is 0 Å². The number of likely N-dealkylation sites (tertiary alicyclic amines) is 1. The SMILES string of the molecule is C[C@@]1(O)CCOC2(CCN(C(=O)c3ccc(-c4cccc(F)c4)cc3)CC2)[C@H]1O. The molecule has 154 valence electrons. The number of aliphatic hydroxyl groups is 2. The summed E-state index contributed by atoms with van der Waals surface area (Å²) in [7, 11) is 0. The van der Waals surface area contributed by atoms with Crippen molar-refractivity contribution in [2.24, 2.45) is 0 Å². The maximum absolute atomic E-state index is 13.4. The van der Waals surface area contributed by atoms with E-state index in [1.165, 1.54) is 12.1 Å². The van der Waals surface area contributed by atoms with Crippen LogP contribution >= 0.6 is 0 Å². The predicted octanol–water partition coefficient (Wildman–Crippen LogP) is 3.00. The number of ether oxygens (including phenoxy) is 1. The van der Waals surface area contributed by atoms with Crippen LogP contribution in [0, 0.1) is 5.82 Å². The highest BCUT2D eigenvalue weighted by Gasteiger charge is 2.52. The number of hydrogen-bond donors (Lipinski definition) is 2. The monoisotopic (exact) mass is 399 g/mol. The second-order valence-electron chi connectivity index (χ2n) is 8.30. The molecule has 2 aliphatic heterocycles. The molecule has 5 nitrogen and oxygen atoms in total. The molecule has 2 N–H and O–H groups in total. The Morgan fingerprint density at radius 1 is 1.10 bits per heavy atom. The van der Waals surface area contributed by atoms with Crippen LogP contribution in [0.15, 0.2) is 48.5 Å². The highest BCUT2D eigenvalue weighted by atomic mass is 19.1. The Labute approximate surface area is 169 Å². The summed E-state index contributed by atoms with van der Waals surface area (Å²) in [5.74, 6) is -0.376. The molecule has 2 aromatic rings. The Kier molecular flexibility index (Phi) is 5.19. The Morgan fingerprint density at radius 2 is 1.79 bits per heavy atom. The molecule has 0 unspecified atom stereocenters. The first-order valence-electron chi connectivity index (χ1n) is 10.0. The van der Waals surface area contributed by atoms with Gasteiger partial charge in [0.2, 0.25) is 0 Å². The summed E-state index contributed by atoms with van der Waals surface area (Å²) < 4.78 is 19.3. The molecule has 0 radical (unpaired) electrons. The fraction of sp³-hybridized carbons (Fsp3) is 0.435. The van der Waals surface area contributed by atoms with Crippen LogP contribution in [0.25, 0.3) is 11.1 Å². The van der Waals surface area contributed by atoms with Crippen molar-refractivity contribution < 1.29 is 24.1 Å². The first kappa shape index (κ1) is 20.0. The van der Waals surface area contributed by atoms with Crippen LogP contribution in [0.2, 0.25) is 0 Å². The first-order valence-corrected chi connectivity index (χ1v) is 10.0. The fourth-order valence-corrected chi connectivity index (χ4v) is 4.41. The van der Waals surface area contributed by atoms with Crippen LogP contribution in [-0.2, 0) is 4.74 Å². The first-order chi connectivity index (χ1) is 13.8. The zero-order valence-electron chi connectivity index (χ0n) is 16.5. The van der Waals surface area contributed by atoms with E-state index in [-0.39, 0.29) is 11.7 Å². The molecule has 0 bridgehead atoms. The number of aliphatic hydroxyl groups excluding tert-OH is 1. The normalized spacial score (nSPS) is 26.5. The Balaban J connectivity index is 1.43. The van der Waals surface area contributed by atoms with Gasteiger partial charge < -0.3 is 19.8 Å². The summed E-state index contributed by atoms with van der Waals surface area (Å²) in [6.45, 7) is 2.95. The Bertz CT molecular complexity index is 888. The summed E-state index contributed by atoms with van der Waals surface area (Å²) in [5, 5.41) is 21.0. The van der Waals surface area contributed by atoms with Crippen LogP contribution in [0.1, 0.15) is 36.5 Å². The zero-order valence-corrected chi connectivity index (χ0v) is 16.5. The van der Waals surface area contributed by atoms with Gasteiger partial charge in [-0.2, -0.15) is 0 Å². The molecule has 0 aromatic heterocycles. The van der Waals surface area contributed by atoms with Crippen molar-refractivity contribution in [3.05, 3.63) is 59.9 Å². The van der Waals surface area contributed by atoms with E-state index >= 15 is 0 Å². The van der Waals surface area contributed by atoms with E-state index in [1.54, 1.807) is 30.0 Å². The van der Waals surface area contributed by atoms with E-state index in [9.17, 15) is 19.4 Å². The van der Waals surface area contributed by atoms with E-state index in [1.807, 2.05) is 18.2 Å². The lowest BCUT2D eigenvalue weighted by molar-refractivity contribution is -0.244. The molecule has 2 atom stereocenters. The van der Waals surface area contributed by atoms with Gasteiger partial charge in [0, 0.05) is 25.1 Å². The smallest absolute Gasteiger partial charge is 0.253 e. The minimum absolute atomic E-state index is 0.0808. The Hall–Kier alpha value is -2.28. The highest BCUT2D eigenvalue weighted by Crippen LogP contribution is 2.40. The second-order valence-corrected chi connectivity index (χ2v) is 8.30. The quantitative estimate of drug-likeness (QED) is 0.815. The summed E-state index contributed by atoms with van der Waals surface area (Å²) >= 11 is 0. The highest BCUT2D eigenvalue weighted by molar-refractivity contribution is 5.94. The van der Waals surface area contributed by atoms with Crippen LogP contribution in [0.4, 0.5) is 4.39 Å². The molecule has 1 amide bonds. The van der Waals surface area contributed by atoms with Crippen LogP contribution < -0.4 is 0 Å². The molecule has 6 heteroatoms. The fourth-order valence-electron chi connectivity index (χ4n) is 4.41. The summed E-state index contributed by atoms with van der Waals surface area (Å²) in [5.41, 5.74) is 0.217. The number of nitrogens with zero attached hydrogens (tertiary/aromatic N) is 1. The van der Waals surface area contributed by atoms with Crippen molar-refractivity contribution in [2.75, 3.05) is 19.7 Å². The molecule has 2 aromatic carbocycles. The van der Waals surface area contributed by atoms with Crippen molar-refractivity contribution in [1.82, 2.24) is 4.90 Å². The number of piperidine rings is 1. The number of halogens is 1. The molecule has 2 saturated heterocycles. The van der Waals surface area contributed by atoms with E-state index in [0.29, 0.717) is 44.5 Å². The molecule has 2 aliphatic rings. The molecule has 2 heterocycles. The number of rotatable bonds is 2. The number of carbonyl (C=O) groups excluding carboxylic acids is 1. The van der Waals surface area contributed by atoms with E-state index in [4.69, 9.17) is 4.74 Å². The summed E-state index contributed by atoms with van der Waals surface area (Å²) in [6.07, 6.45) is 0.400. The van der Waals surface area contributed by atoms with Crippen LogP contribution in [0.5, 0.6) is 0 Å². The van der Waals surface area contributed by atoms with Gasteiger partial charge in [-0.1, -0.05) is 24.3 Å². The number of hydrogen-bond acceptors (Lipinski definition) is 4. The lowest BCUT2D eigenvalue weighted by atomic mass is 9.75. The van der Waals surface area contributed by atoms with Crippen molar-refractivity contribution >= 4 is 5.91 Å². The lowest BCUT2D eigenvalue weighted by Gasteiger charge is -2.51. The van der Waals surface area contributed by atoms with Gasteiger partial charge >= 0.3 is 0 Å². The average molecular weight is 399 g/mol. The van der Waals surface area contributed by atoms with E-state index in [0.717, 1.165) is 11.1 Å². The van der Waals surface area contributed by atoms with Gasteiger partial charge in [0.15, 0.2) is 0 Å². The van der Waals surface area contributed by atoms with Gasteiger partial charge in [-0.25, -0.2) is 4.39 Å². The van der Waals surface area contributed by atoms with E-state index < -0.39 is 17.3 Å². The molecule has 0 aliphatic carbocycles. The van der Waals surface area contributed by atoms with Crippen molar-refractivity contribution in [3.8, 4) is 11.1 Å². The van der Waals surface area contributed by atoms with Crippen molar-refractivity contribution in [1.29, 1.82) is 0 Å². The molecule has 4 rings (SSSR count). The van der Waals surface area contributed by atoms with Crippen molar-refractivity contribution in [2.45, 2.75) is 43.5 Å². The summed E-state index contributed by atoms with van der Waals surface area (Å²) in [4.78, 5) is 14.6. The predicted molar refractivity (Wildman–Crippen MR) is 107 cm³/mol. The minimum atomic E-state index is -1.17. The zero-order chi connectivity index (χ0) is 20.6.